The Morgan fingerprint density at radius 1 is 1.53 bits per heavy atom. The summed E-state index contributed by atoms with van der Waals surface area (Å²) in [7, 11) is 1.71. The molecule has 0 saturated heterocycles. The molecule has 0 fully saturated rings. The van der Waals surface area contributed by atoms with E-state index in [0.29, 0.717) is 4.64 Å². The third-order valence-corrected chi connectivity index (χ3v) is 3.92. The van der Waals surface area contributed by atoms with Gasteiger partial charge < -0.3 is 15.0 Å². The summed E-state index contributed by atoms with van der Waals surface area (Å²) < 4.78 is 6.26. The van der Waals surface area contributed by atoms with Crippen molar-refractivity contribution in [3.63, 3.8) is 0 Å². The lowest BCUT2D eigenvalue weighted by molar-refractivity contribution is -0.00932. The fraction of sp³-hybridized carbons (Fsp3) is 0.667. The summed E-state index contributed by atoms with van der Waals surface area (Å²) in [4.78, 5) is 7.90. The first-order chi connectivity index (χ1) is 8.10. The van der Waals surface area contributed by atoms with E-state index in [2.05, 4.69) is 22.2 Å². The molecule has 1 atom stereocenters. The fourth-order valence-corrected chi connectivity index (χ4v) is 2.31. The second-order valence-corrected chi connectivity index (χ2v) is 4.95. The maximum atomic E-state index is 5.56. The lowest BCUT2D eigenvalue weighted by Crippen LogP contribution is -2.30. The van der Waals surface area contributed by atoms with Crippen LogP contribution in [0.1, 0.15) is 37.4 Å². The van der Waals surface area contributed by atoms with Crippen LogP contribution < -0.4 is 5.32 Å². The summed E-state index contributed by atoms with van der Waals surface area (Å²) in [5.41, 5.74) is 1.95. The Labute approximate surface area is 107 Å². The lowest BCUT2D eigenvalue weighted by atomic mass is 10.0. The zero-order valence-electron chi connectivity index (χ0n) is 10.6. The normalized spacial score (nSPS) is 18.5. The molecule has 1 unspecified atom stereocenters. The SMILES string of the molecule is CCC(C)(OC)c1nc(=S)c2c([nH]1)CCNC2. The van der Waals surface area contributed by atoms with Gasteiger partial charge in [0.05, 0.1) is 0 Å². The van der Waals surface area contributed by atoms with Crippen LogP contribution in [0.2, 0.25) is 0 Å². The number of nitrogens with zero attached hydrogens (tertiary/aromatic N) is 1. The highest BCUT2D eigenvalue weighted by Gasteiger charge is 2.28. The van der Waals surface area contributed by atoms with Gasteiger partial charge in [0.25, 0.3) is 0 Å². The summed E-state index contributed by atoms with van der Waals surface area (Å²) in [5.74, 6) is 0.841. The summed E-state index contributed by atoms with van der Waals surface area (Å²) in [6.07, 6.45) is 1.83. The lowest BCUT2D eigenvalue weighted by Gasteiger charge is -2.27. The van der Waals surface area contributed by atoms with E-state index in [1.165, 1.54) is 5.69 Å². The first-order valence-corrected chi connectivity index (χ1v) is 6.40. The first kappa shape index (κ1) is 12.7. The van der Waals surface area contributed by atoms with Crippen molar-refractivity contribution in [2.45, 2.75) is 38.8 Å². The fourth-order valence-electron chi connectivity index (χ4n) is 2.03. The minimum absolute atomic E-state index is 0.381. The predicted molar refractivity (Wildman–Crippen MR) is 69.5 cm³/mol. The van der Waals surface area contributed by atoms with Crippen LogP contribution in [0.15, 0.2) is 0 Å². The molecule has 2 N–H and O–H groups in total. The Morgan fingerprint density at radius 3 is 2.94 bits per heavy atom. The van der Waals surface area contributed by atoms with Gasteiger partial charge in [-0.05, 0) is 13.3 Å². The number of aromatic amines is 1. The van der Waals surface area contributed by atoms with Gasteiger partial charge in [-0.25, -0.2) is 4.98 Å². The molecule has 1 aliphatic heterocycles. The van der Waals surface area contributed by atoms with E-state index >= 15 is 0 Å². The van der Waals surface area contributed by atoms with E-state index in [-0.39, 0.29) is 5.60 Å². The quantitative estimate of drug-likeness (QED) is 0.810. The van der Waals surface area contributed by atoms with E-state index in [0.717, 1.165) is 37.3 Å². The number of nitrogens with one attached hydrogen (secondary N) is 2. The second kappa shape index (κ2) is 4.84. The number of aromatic nitrogens is 2. The average molecular weight is 253 g/mol. The number of ether oxygens (including phenoxy) is 1. The number of hydrogen-bond donors (Lipinski definition) is 2. The summed E-state index contributed by atoms with van der Waals surface area (Å²) in [6, 6.07) is 0. The van der Waals surface area contributed by atoms with Crippen molar-refractivity contribution in [2.24, 2.45) is 0 Å². The molecule has 94 valence electrons. The number of rotatable bonds is 3. The van der Waals surface area contributed by atoms with Crippen LogP contribution in [0.25, 0.3) is 0 Å². The third kappa shape index (κ3) is 2.27. The minimum atomic E-state index is -0.381. The smallest absolute Gasteiger partial charge is 0.140 e. The Bertz CT molecular complexity index is 465. The van der Waals surface area contributed by atoms with Gasteiger partial charge in [-0.1, -0.05) is 19.1 Å². The monoisotopic (exact) mass is 253 g/mol. The predicted octanol–water partition coefficient (Wildman–Crippen LogP) is 2.06. The largest absolute Gasteiger partial charge is 0.371 e. The van der Waals surface area contributed by atoms with Crippen molar-refractivity contribution in [2.75, 3.05) is 13.7 Å². The highest BCUT2D eigenvalue weighted by molar-refractivity contribution is 7.71. The van der Waals surface area contributed by atoms with E-state index in [1.807, 2.05) is 6.92 Å². The second-order valence-electron chi connectivity index (χ2n) is 4.56. The summed E-state index contributed by atoms with van der Waals surface area (Å²) in [5, 5.41) is 3.31. The third-order valence-electron chi connectivity index (χ3n) is 3.58. The molecular formula is C12H19N3OS. The topological polar surface area (TPSA) is 49.9 Å². The molecule has 5 heteroatoms. The molecule has 2 rings (SSSR count). The molecule has 0 saturated carbocycles. The van der Waals surface area contributed by atoms with Crippen molar-refractivity contribution in [1.29, 1.82) is 0 Å². The van der Waals surface area contributed by atoms with Crippen LogP contribution in [0, 0.1) is 4.64 Å². The average Bonchev–Trinajstić information content (AvgIpc) is 2.38. The van der Waals surface area contributed by atoms with E-state index in [9.17, 15) is 0 Å². The minimum Gasteiger partial charge on any atom is -0.371 e. The molecule has 0 bridgehead atoms. The maximum Gasteiger partial charge on any atom is 0.140 e. The van der Waals surface area contributed by atoms with Crippen molar-refractivity contribution < 1.29 is 4.74 Å². The zero-order valence-corrected chi connectivity index (χ0v) is 11.4. The molecule has 0 aromatic carbocycles. The van der Waals surface area contributed by atoms with Gasteiger partial charge in [0.1, 0.15) is 16.1 Å². The molecule has 0 amide bonds. The number of hydrogen-bond acceptors (Lipinski definition) is 4. The molecule has 1 aliphatic rings. The van der Waals surface area contributed by atoms with Crippen LogP contribution >= 0.6 is 12.2 Å². The van der Waals surface area contributed by atoms with Gasteiger partial charge in [-0.3, -0.25) is 0 Å². The number of fused-ring (bicyclic) bond motifs is 1. The summed E-state index contributed by atoms with van der Waals surface area (Å²) >= 11 is 5.36. The molecule has 4 nitrogen and oxygen atoms in total. The van der Waals surface area contributed by atoms with Crippen molar-refractivity contribution >= 4 is 12.2 Å². The molecule has 0 aliphatic carbocycles. The number of methoxy groups -OCH3 is 1. The van der Waals surface area contributed by atoms with Crippen molar-refractivity contribution in [1.82, 2.24) is 15.3 Å². The van der Waals surface area contributed by atoms with E-state index in [4.69, 9.17) is 17.0 Å². The molecule has 1 aromatic rings. The van der Waals surface area contributed by atoms with Gasteiger partial charge in [0.2, 0.25) is 0 Å². The maximum absolute atomic E-state index is 5.56. The molecular weight excluding hydrogens is 234 g/mol. The van der Waals surface area contributed by atoms with Gasteiger partial charge >= 0.3 is 0 Å². The van der Waals surface area contributed by atoms with Crippen LogP contribution in [0.4, 0.5) is 0 Å². The first-order valence-electron chi connectivity index (χ1n) is 5.99. The number of H-pyrrole nitrogens is 1. The van der Waals surface area contributed by atoms with Crippen molar-refractivity contribution in [3.05, 3.63) is 21.7 Å². The molecule has 2 heterocycles. The van der Waals surface area contributed by atoms with Crippen molar-refractivity contribution in [3.8, 4) is 0 Å². The van der Waals surface area contributed by atoms with Crippen LogP contribution in [-0.2, 0) is 23.3 Å². The summed E-state index contributed by atoms with van der Waals surface area (Å²) in [6.45, 7) is 5.92. The molecule has 1 aromatic heterocycles. The standard InChI is InChI=1S/C12H19N3OS/c1-4-12(2,16-3)11-14-9-5-6-13-7-8(9)10(17)15-11/h13H,4-7H2,1-3H3,(H,14,15,17). The van der Waals surface area contributed by atoms with Gasteiger partial charge in [-0.15, -0.1) is 0 Å². The molecule has 17 heavy (non-hydrogen) atoms. The Hall–Kier alpha value is -0.780. The highest BCUT2D eigenvalue weighted by Crippen LogP contribution is 2.26. The zero-order chi connectivity index (χ0) is 12.5. The van der Waals surface area contributed by atoms with Crippen LogP contribution in [0.5, 0.6) is 0 Å². The molecule has 0 spiro atoms. The van der Waals surface area contributed by atoms with Gasteiger partial charge in [-0.2, -0.15) is 0 Å². The Kier molecular flexibility index (Phi) is 3.61. The van der Waals surface area contributed by atoms with Crippen LogP contribution in [-0.4, -0.2) is 23.6 Å². The van der Waals surface area contributed by atoms with Gasteiger partial charge in [0, 0.05) is 37.9 Å². The highest BCUT2D eigenvalue weighted by atomic mass is 32.1. The molecule has 0 radical (unpaired) electrons. The van der Waals surface area contributed by atoms with E-state index < -0.39 is 0 Å². The van der Waals surface area contributed by atoms with Gasteiger partial charge in [0.15, 0.2) is 0 Å². The van der Waals surface area contributed by atoms with E-state index in [1.54, 1.807) is 7.11 Å². The Morgan fingerprint density at radius 2 is 2.29 bits per heavy atom. The van der Waals surface area contributed by atoms with Crippen LogP contribution in [0.3, 0.4) is 0 Å². The Balaban J connectivity index is 2.51.